The second-order valence-electron chi connectivity index (χ2n) is 3.36. The Labute approximate surface area is 108 Å². The van der Waals surface area contributed by atoms with Crippen molar-refractivity contribution in [2.75, 3.05) is 0 Å². The molecule has 0 saturated heterocycles. The lowest BCUT2D eigenvalue weighted by Gasteiger charge is -2.07. The minimum atomic E-state index is -0.407. The lowest BCUT2D eigenvalue weighted by molar-refractivity contribution is 0.460. The minimum absolute atomic E-state index is 0.143. The van der Waals surface area contributed by atoms with Crippen molar-refractivity contribution in [2.45, 2.75) is 5.75 Å². The van der Waals surface area contributed by atoms with E-state index in [0.717, 1.165) is 6.07 Å². The molecule has 1 N–H and O–H groups in total. The first-order chi connectivity index (χ1) is 8.11. The average molecular weight is 269 g/mol. The highest BCUT2D eigenvalue weighted by Gasteiger charge is 2.07. The van der Waals surface area contributed by atoms with Gasteiger partial charge >= 0.3 is 0 Å². The van der Waals surface area contributed by atoms with Crippen LogP contribution in [0.15, 0.2) is 35.1 Å². The van der Waals surface area contributed by atoms with E-state index in [4.69, 9.17) is 11.6 Å². The Balaban J connectivity index is 2.59. The Morgan fingerprint density at radius 1 is 1.35 bits per heavy atom. The Morgan fingerprint density at radius 3 is 2.59 bits per heavy atom. The van der Waals surface area contributed by atoms with Gasteiger partial charge in [-0.1, -0.05) is 11.6 Å². The van der Waals surface area contributed by atoms with Crippen LogP contribution in [0.5, 0.6) is 5.75 Å². The van der Waals surface area contributed by atoms with E-state index < -0.39 is 5.56 Å². The predicted molar refractivity (Wildman–Crippen MR) is 69.2 cm³/mol. The Hall–Kier alpha value is -1.46. The fraction of sp³-hybridized carbons (Fsp3) is 0.0909. The molecule has 0 bridgehead atoms. The van der Waals surface area contributed by atoms with Gasteiger partial charge in [0.1, 0.15) is 11.4 Å². The van der Waals surface area contributed by atoms with Crippen molar-refractivity contribution in [1.82, 2.24) is 9.78 Å². The number of hydrogen-bond donors (Lipinski definition) is 2. The lowest BCUT2D eigenvalue weighted by Crippen LogP contribution is -2.21. The van der Waals surface area contributed by atoms with Gasteiger partial charge in [0.2, 0.25) is 0 Å². The smallest absolute Gasteiger partial charge is 0.275 e. The van der Waals surface area contributed by atoms with Crippen molar-refractivity contribution in [2.24, 2.45) is 0 Å². The maximum Gasteiger partial charge on any atom is 0.275 e. The van der Waals surface area contributed by atoms with Gasteiger partial charge in [0.15, 0.2) is 0 Å². The van der Waals surface area contributed by atoms with Crippen LogP contribution < -0.4 is 5.56 Å². The number of rotatable bonds is 2. The van der Waals surface area contributed by atoms with E-state index in [0.29, 0.717) is 16.4 Å². The molecular formula is C11H9ClN2O2S. The molecule has 88 valence electrons. The lowest BCUT2D eigenvalue weighted by atomic mass is 10.3. The summed E-state index contributed by atoms with van der Waals surface area (Å²) in [5.41, 5.74) is 0.528. The van der Waals surface area contributed by atoms with Gasteiger partial charge in [-0.3, -0.25) is 4.79 Å². The summed E-state index contributed by atoms with van der Waals surface area (Å²) in [6, 6.07) is 7.80. The molecule has 1 heterocycles. The second kappa shape index (κ2) is 4.81. The number of aromatic hydroxyl groups is 1. The second-order valence-corrected chi connectivity index (χ2v) is 4.11. The molecule has 0 unspecified atom stereocenters. The Bertz CT molecular complexity index is 595. The third kappa shape index (κ3) is 2.45. The quantitative estimate of drug-likeness (QED) is 0.820. The van der Waals surface area contributed by atoms with E-state index in [1.807, 2.05) is 0 Å². The van der Waals surface area contributed by atoms with Crippen molar-refractivity contribution >= 4 is 24.2 Å². The fourth-order valence-corrected chi connectivity index (χ4v) is 1.71. The summed E-state index contributed by atoms with van der Waals surface area (Å²) in [7, 11) is 0. The molecule has 4 nitrogen and oxygen atoms in total. The maximum absolute atomic E-state index is 11.7. The number of nitrogens with zero attached hydrogens (tertiary/aromatic N) is 2. The van der Waals surface area contributed by atoms with Crippen molar-refractivity contribution < 1.29 is 5.11 Å². The van der Waals surface area contributed by atoms with Crippen LogP contribution in [0.25, 0.3) is 5.69 Å². The molecule has 0 aliphatic rings. The molecule has 0 atom stereocenters. The van der Waals surface area contributed by atoms with Crippen molar-refractivity contribution in [3.8, 4) is 11.4 Å². The standard InChI is InChI=1S/C11H9ClN2O2S/c12-7-1-3-8(4-2-7)14-11(16)5-10(15)9(6-17)13-14/h1-5,15,17H,6H2. The van der Waals surface area contributed by atoms with E-state index in [9.17, 15) is 9.90 Å². The number of aromatic nitrogens is 2. The molecule has 0 aliphatic carbocycles. The first kappa shape index (κ1) is 12.0. The summed E-state index contributed by atoms with van der Waals surface area (Å²) in [5.74, 6) is 0.106. The highest BCUT2D eigenvalue weighted by Crippen LogP contribution is 2.15. The SMILES string of the molecule is O=c1cc(O)c(CS)nn1-c1ccc(Cl)cc1. The first-order valence-corrected chi connectivity index (χ1v) is 5.82. The van der Waals surface area contributed by atoms with Crippen LogP contribution in [-0.4, -0.2) is 14.9 Å². The summed E-state index contributed by atoms with van der Waals surface area (Å²) in [5, 5.41) is 14.1. The van der Waals surface area contributed by atoms with Gasteiger partial charge in [-0.15, -0.1) is 0 Å². The van der Waals surface area contributed by atoms with E-state index in [1.165, 1.54) is 4.68 Å². The molecule has 17 heavy (non-hydrogen) atoms. The Kier molecular flexibility index (Phi) is 3.40. The normalized spacial score (nSPS) is 10.5. The molecule has 0 amide bonds. The van der Waals surface area contributed by atoms with Crippen LogP contribution in [0.4, 0.5) is 0 Å². The van der Waals surface area contributed by atoms with E-state index in [1.54, 1.807) is 24.3 Å². The topological polar surface area (TPSA) is 55.1 Å². The van der Waals surface area contributed by atoms with Crippen LogP contribution in [0, 0.1) is 0 Å². The molecular weight excluding hydrogens is 260 g/mol. The highest BCUT2D eigenvalue weighted by atomic mass is 35.5. The third-order valence-corrected chi connectivity index (χ3v) is 2.76. The van der Waals surface area contributed by atoms with Gasteiger partial charge in [0.05, 0.1) is 5.69 Å². The molecule has 2 aromatic rings. The van der Waals surface area contributed by atoms with Gasteiger partial charge in [-0.25, -0.2) is 0 Å². The maximum atomic E-state index is 11.7. The molecule has 0 saturated carbocycles. The molecule has 0 fully saturated rings. The zero-order chi connectivity index (χ0) is 12.4. The van der Waals surface area contributed by atoms with Crippen LogP contribution in [0.3, 0.4) is 0 Å². The molecule has 1 aromatic carbocycles. The van der Waals surface area contributed by atoms with Crippen LogP contribution >= 0.6 is 24.2 Å². The van der Waals surface area contributed by atoms with E-state index in [2.05, 4.69) is 17.7 Å². The van der Waals surface area contributed by atoms with Crippen LogP contribution in [0.1, 0.15) is 5.69 Å². The van der Waals surface area contributed by atoms with Gasteiger partial charge in [-0.2, -0.15) is 22.4 Å². The summed E-state index contributed by atoms with van der Waals surface area (Å²) in [6.45, 7) is 0. The van der Waals surface area contributed by atoms with Crippen LogP contribution in [0.2, 0.25) is 5.02 Å². The predicted octanol–water partition coefficient (Wildman–Crippen LogP) is 2.02. The van der Waals surface area contributed by atoms with Crippen LogP contribution in [-0.2, 0) is 5.75 Å². The van der Waals surface area contributed by atoms with Crippen molar-refractivity contribution in [1.29, 1.82) is 0 Å². The van der Waals surface area contributed by atoms with Gasteiger partial charge < -0.3 is 5.11 Å². The molecule has 0 spiro atoms. The molecule has 0 aliphatic heterocycles. The minimum Gasteiger partial charge on any atom is -0.506 e. The van der Waals surface area contributed by atoms with Crippen molar-refractivity contribution in [3.05, 3.63) is 51.4 Å². The third-order valence-electron chi connectivity index (χ3n) is 2.21. The van der Waals surface area contributed by atoms with E-state index in [-0.39, 0.29) is 11.5 Å². The molecule has 2 rings (SSSR count). The average Bonchev–Trinajstić information content (AvgIpc) is 2.31. The van der Waals surface area contributed by atoms with E-state index >= 15 is 0 Å². The monoisotopic (exact) mass is 268 g/mol. The van der Waals surface area contributed by atoms with Gasteiger partial charge in [0, 0.05) is 16.8 Å². The molecule has 6 heteroatoms. The van der Waals surface area contributed by atoms with Gasteiger partial charge in [-0.05, 0) is 24.3 Å². The number of benzene rings is 1. The molecule has 1 aromatic heterocycles. The first-order valence-electron chi connectivity index (χ1n) is 4.81. The summed E-state index contributed by atoms with van der Waals surface area (Å²) >= 11 is 9.79. The zero-order valence-electron chi connectivity index (χ0n) is 8.67. The van der Waals surface area contributed by atoms with Crippen molar-refractivity contribution in [3.63, 3.8) is 0 Å². The van der Waals surface area contributed by atoms with Gasteiger partial charge in [0.25, 0.3) is 5.56 Å². The molecule has 0 radical (unpaired) electrons. The Morgan fingerprint density at radius 2 is 2.00 bits per heavy atom. The number of hydrogen-bond acceptors (Lipinski definition) is 4. The summed E-state index contributed by atoms with van der Waals surface area (Å²) in [6.07, 6.45) is 0. The highest BCUT2D eigenvalue weighted by molar-refractivity contribution is 7.79. The fourth-order valence-electron chi connectivity index (χ4n) is 1.36. The largest absolute Gasteiger partial charge is 0.506 e. The zero-order valence-corrected chi connectivity index (χ0v) is 10.3. The number of thiol groups is 1. The number of halogens is 1. The summed E-state index contributed by atoms with van der Waals surface area (Å²) in [4.78, 5) is 11.7. The summed E-state index contributed by atoms with van der Waals surface area (Å²) < 4.78 is 1.20.